The van der Waals surface area contributed by atoms with Crippen LogP contribution in [0.1, 0.15) is 12.5 Å². The van der Waals surface area contributed by atoms with Crippen molar-refractivity contribution in [3.8, 4) is 0 Å². The van der Waals surface area contributed by atoms with Gasteiger partial charge in [-0.2, -0.15) is 0 Å². The molecule has 3 rings (SSSR count). The van der Waals surface area contributed by atoms with Crippen molar-refractivity contribution in [2.75, 3.05) is 38.0 Å². The lowest BCUT2D eigenvalue weighted by Crippen LogP contribution is -2.52. The first-order chi connectivity index (χ1) is 13.5. The molecule has 1 atom stereocenters. The third-order valence-corrected chi connectivity index (χ3v) is 5.02. The standard InChI is InChI=1S/C22H25F2N3O/c1-17(22(28)25-21-19(23)10-5-11-20(21)24)27-15-13-26(14-16-27)12-6-9-18-7-3-2-4-8-18/h2-11,17H,12-16H2,1H3,(H,25,28)/b9-6+. The van der Waals surface area contributed by atoms with Crippen LogP contribution in [0.5, 0.6) is 0 Å². The van der Waals surface area contributed by atoms with Gasteiger partial charge in [-0.1, -0.05) is 48.6 Å². The van der Waals surface area contributed by atoms with Gasteiger partial charge < -0.3 is 5.32 Å². The molecule has 0 aliphatic carbocycles. The first-order valence-electron chi connectivity index (χ1n) is 9.47. The van der Waals surface area contributed by atoms with E-state index in [1.165, 1.54) is 11.6 Å². The van der Waals surface area contributed by atoms with Gasteiger partial charge >= 0.3 is 0 Å². The monoisotopic (exact) mass is 385 g/mol. The maximum absolute atomic E-state index is 13.7. The first-order valence-corrected chi connectivity index (χ1v) is 9.47. The summed E-state index contributed by atoms with van der Waals surface area (Å²) in [5.74, 6) is -1.94. The summed E-state index contributed by atoms with van der Waals surface area (Å²) in [4.78, 5) is 16.8. The molecule has 1 N–H and O–H groups in total. The van der Waals surface area contributed by atoms with Crippen LogP contribution in [0.25, 0.3) is 6.08 Å². The molecule has 2 aromatic carbocycles. The number of carbonyl (C=O) groups is 1. The number of hydrogen-bond acceptors (Lipinski definition) is 3. The number of para-hydroxylation sites is 1. The average Bonchev–Trinajstić information content (AvgIpc) is 2.71. The quantitative estimate of drug-likeness (QED) is 0.825. The van der Waals surface area contributed by atoms with Crippen LogP contribution in [0.15, 0.2) is 54.6 Å². The summed E-state index contributed by atoms with van der Waals surface area (Å²) in [6, 6.07) is 13.2. The van der Waals surface area contributed by atoms with Crippen LogP contribution in [0.2, 0.25) is 0 Å². The number of anilines is 1. The third-order valence-electron chi connectivity index (χ3n) is 5.02. The number of amides is 1. The van der Waals surface area contributed by atoms with Gasteiger partial charge in [0, 0.05) is 32.7 Å². The number of rotatable bonds is 6. The highest BCUT2D eigenvalue weighted by atomic mass is 19.1. The SMILES string of the molecule is CC(C(=O)Nc1c(F)cccc1F)N1CCN(C/C=C/c2ccccc2)CC1. The van der Waals surface area contributed by atoms with E-state index in [9.17, 15) is 13.6 Å². The van der Waals surface area contributed by atoms with Crippen LogP contribution >= 0.6 is 0 Å². The summed E-state index contributed by atoms with van der Waals surface area (Å²) >= 11 is 0. The number of nitrogens with zero attached hydrogens (tertiary/aromatic N) is 2. The van der Waals surface area contributed by atoms with E-state index in [0.29, 0.717) is 0 Å². The summed E-state index contributed by atoms with van der Waals surface area (Å²) < 4.78 is 27.5. The summed E-state index contributed by atoms with van der Waals surface area (Å²) in [5.41, 5.74) is 0.788. The fourth-order valence-electron chi connectivity index (χ4n) is 3.25. The van der Waals surface area contributed by atoms with Crippen molar-refractivity contribution in [3.05, 3.63) is 71.8 Å². The van der Waals surface area contributed by atoms with Crippen molar-refractivity contribution in [1.82, 2.24) is 9.80 Å². The van der Waals surface area contributed by atoms with E-state index in [-0.39, 0.29) is 5.69 Å². The fourth-order valence-corrected chi connectivity index (χ4v) is 3.25. The maximum atomic E-state index is 13.7. The lowest BCUT2D eigenvalue weighted by molar-refractivity contribution is -0.121. The summed E-state index contributed by atoms with van der Waals surface area (Å²) in [7, 11) is 0. The molecule has 1 heterocycles. The normalized spacial score (nSPS) is 17.0. The first kappa shape index (κ1) is 20.2. The van der Waals surface area contributed by atoms with Gasteiger partial charge in [0.15, 0.2) is 0 Å². The highest BCUT2D eigenvalue weighted by Crippen LogP contribution is 2.19. The Balaban J connectivity index is 1.47. The number of nitrogens with one attached hydrogen (secondary N) is 1. The third kappa shape index (κ3) is 5.24. The molecule has 1 fully saturated rings. The minimum absolute atomic E-state index is 0.385. The molecule has 1 amide bonds. The van der Waals surface area contributed by atoms with Crippen molar-refractivity contribution in [3.63, 3.8) is 0 Å². The molecule has 2 aromatic rings. The largest absolute Gasteiger partial charge is 0.320 e. The van der Waals surface area contributed by atoms with Gasteiger partial charge in [-0.05, 0) is 24.6 Å². The maximum Gasteiger partial charge on any atom is 0.241 e. The topological polar surface area (TPSA) is 35.6 Å². The van der Waals surface area contributed by atoms with Crippen molar-refractivity contribution in [2.45, 2.75) is 13.0 Å². The molecule has 148 valence electrons. The molecule has 0 aromatic heterocycles. The Morgan fingerprint density at radius 3 is 2.32 bits per heavy atom. The predicted molar refractivity (Wildman–Crippen MR) is 108 cm³/mol. The molecule has 0 spiro atoms. The molecule has 0 radical (unpaired) electrons. The van der Waals surface area contributed by atoms with E-state index < -0.39 is 23.6 Å². The minimum Gasteiger partial charge on any atom is -0.320 e. The molecular formula is C22H25F2N3O. The lowest BCUT2D eigenvalue weighted by atomic mass is 10.2. The van der Waals surface area contributed by atoms with E-state index in [2.05, 4.69) is 34.5 Å². The van der Waals surface area contributed by atoms with Crippen LogP contribution < -0.4 is 5.32 Å². The van der Waals surface area contributed by atoms with Gasteiger partial charge in [-0.3, -0.25) is 14.6 Å². The zero-order chi connectivity index (χ0) is 19.9. The highest BCUT2D eigenvalue weighted by molar-refractivity contribution is 5.94. The number of benzene rings is 2. The Labute approximate surface area is 164 Å². The predicted octanol–water partition coefficient (Wildman–Crippen LogP) is 3.62. The highest BCUT2D eigenvalue weighted by Gasteiger charge is 2.26. The summed E-state index contributed by atoms with van der Waals surface area (Å²) in [6.45, 7) is 5.75. The molecule has 1 aliphatic heterocycles. The van der Waals surface area contributed by atoms with Crippen LogP contribution in [0.3, 0.4) is 0 Å². The number of piperazine rings is 1. The molecule has 6 heteroatoms. The molecule has 0 bridgehead atoms. The Morgan fingerprint density at radius 2 is 1.68 bits per heavy atom. The van der Waals surface area contributed by atoms with Gasteiger partial charge in [-0.25, -0.2) is 8.78 Å². The Kier molecular flexibility index (Phi) is 6.90. The van der Waals surface area contributed by atoms with Gasteiger partial charge in [-0.15, -0.1) is 0 Å². The summed E-state index contributed by atoms with van der Waals surface area (Å²) in [6.07, 6.45) is 4.24. The van der Waals surface area contributed by atoms with Gasteiger partial charge in [0.1, 0.15) is 17.3 Å². The zero-order valence-electron chi connectivity index (χ0n) is 15.9. The van der Waals surface area contributed by atoms with E-state index in [0.717, 1.165) is 44.9 Å². The molecule has 1 aliphatic rings. The fraction of sp³-hybridized carbons (Fsp3) is 0.318. The lowest BCUT2D eigenvalue weighted by Gasteiger charge is -2.37. The smallest absolute Gasteiger partial charge is 0.241 e. The van der Waals surface area contributed by atoms with Gasteiger partial charge in [0.2, 0.25) is 5.91 Å². The Hall–Kier alpha value is -2.57. The Morgan fingerprint density at radius 1 is 1.04 bits per heavy atom. The average molecular weight is 385 g/mol. The molecular weight excluding hydrogens is 360 g/mol. The van der Waals surface area contributed by atoms with E-state index in [1.54, 1.807) is 6.92 Å². The van der Waals surface area contributed by atoms with Crippen LogP contribution in [0.4, 0.5) is 14.5 Å². The Bertz CT molecular complexity index is 798. The van der Waals surface area contributed by atoms with Crippen LogP contribution in [-0.2, 0) is 4.79 Å². The molecule has 1 unspecified atom stereocenters. The molecule has 1 saturated heterocycles. The van der Waals surface area contributed by atoms with Crippen LogP contribution in [0, 0.1) is 11.6 Å². The van der Waals surface area contributed by atoms with Gasteiger partial charge in [0.25, 0.3) is 0 Å². The van der Waals surface area contributed by atoms with Crippen molar-refractivity contribution in [1.29, 1.82) is 0 Å². The second kappa shape index (κ2) is 9.57. The molecule has 0 saturated carbocycles. The van der Waals surface area contributed by atoms with E-state index >= 15 is 0 Å². The number of hydrogen-bond donors (Lipinski definition) is 1. The van der Waals surface area contributed by atoms with Gasteiger partial charge in [0.05, 0.1) is 6.04 Å². The van der Waals surface area contributed by atoms with Crippen molar-refractivity contribution in [2.24, 2.45) is 0 Å². The number of carbonyl (C=O) groups excluding carboxylic acids is 1. The second-order valence-electron chi connectivity index (χ2n) is 6.91. The van der Waals surface area contributed by atoms with E-state index in [1.807, 2.05) is 23.1 Å². The summed E-state index contributed by atoms with van der Waals surface area (Å²) in [5, 5.41) is 2.38. The van der Waals surface area contributed by atoms with Crippen molar-refractivity contribution >= 4 is 17.7 Å². The zero-order valence-corrected chi connectivity index (χ0v) is 15.9. The minimum atomic E-state index is -0.768. The van der Waals surface area contributed by atoms with Crippen LogP contribution in [-0.4, -0.2) is 54.5 Å². The van der Waals surface area contributed by atoms with Crippen molar-refractivity contribution < 1.29 is 13.6 Å². The second-order valence-corrected chi connectivity index (χ2v) is 6.91. The molecule has 28 heavy (non-hydrogen) atoms. The van der Waals surface area contributed by atoms with E-state index in [4.69, 9.17) is 0 Å². The molecule has 4 nitrogen and oxygen atoms in total. The number of halogens is 2.